The molecule has 2 N–H and O–H groups in total. The van der Waals surface area contributed by atoms with Crippen LogP contribution in [0.1, 0.15) is 5.56 Å². The molecule has 0 fully saturated rings. The summed E-state index contributed by atoms with van der Waals surface area (Å²) in [7, 11) is 5.88. The Morgan fingerprint density at radius 1 is 1.09 bits per heavy atom. The molecule has 5 heteroatoms. The summed E-state index contributed by atoms with van der Waals surface area (Å²) in [6, 6.07) is 12.6. The van der Waals surface area contributed by atoms with Crippen molar-refractivity contribution in [1.29, 1.82) is 0 Å². The molecule has 0 aliphatic rings. The summed E-state index contributed by atoms with van der Waals surface area (Å²) in [6.07, 6.45) is 4.12. The van der Waals surface area contributed by atoms with E-state index in [-0.39, 0.29) is 0 Å². The van der Waals surface area contributed by atoms with Gasteiger partial charge in [0.25, 0.3) is 0 Å². The topological polar surface area (TPSA) is 44.6 Å². The number of nitrogens with one attached hydrogen (secondary N) is 2. The van der Waals surface area contributed by atoms with E-state index in [1.165, 1.54) is 11.3 Å². The number of hydrogen-bond donors (Lipinski definition) is 2. The van der Waals surface area contributed by atoms with Gasteiger partial charge in [0.05, 0.1) is 0 Å². The smallest absolute Gasteiger partial charge is 0.191 e. The molecular formula is C17H25N5. The number of hydrogen-bond acceptors (Lipinski definition) is 2. The quantitative estimate of drug-likeness (QED) is 0.633. The van der Waals surface area contributed by atoms with Crippen LogP contribution >= 0.6 is 0 Å². The maximum atomic E-state index is 4.24. The van der Waals surface area contributed by atoms with Gasteiger partial charge in [-0.25, -0.2) is 0 Å². The molecule has 0 amide bonds. The van der Waals surface area contributed by atoms with Crippen LogP contribution in [0.4, 0.5) is 5.69 Å². The Morgan fingerprint density at radius 2 is 1.77 bits per heavy atom. The van der Waals surface area contributed by atoms with Crippen LogP contribution in [0.25, 0.3) is 0 Å². The summed E-state index contributed by atoms with van der Waals surface area (Å²) < 4.78 is 2.14. The lowest BCUT2D eigenvalue weighted by Crippen LogP contribution is -2.38. The third-order valence-corrected chi connectivity index (χ3v) is 3.46. The summed E-state index contributed by atoms with van der Waals surface area (Å²) in [5.74, 6) is 0.823. The minimum absolute atomic E-state index is 0.761. The average Bonchev–Trinajstić information content (AvgIpc) is 3.04. The number of guanidine groups is 1. The van der Waals surface area contributed by atoms with E-state index in [0.29, 0.717) is 0 Å². The van der Waals surface area contributed by atoms with Gasteiger partial charge >= 0.3 is 0 Å². The Kier molecular flexibility index (Phi) is 5.89. The summed E-state index contributed by atoms with van der Waals surface area (Å²) in [6.45, 7) is 2.52. The molecule has 0 aliphatic carbocycles. The Balaban J connectivity index is 1.76. The third kappa shape index (κ3) is 4.84. The van der Waals surface area contributed by atoms with Crippen LogP contribution in [0, 0.1) is 0 Å². The van der Waals surface area contributed by atoms with Crippen LogP contribution in [-0.2, 0) is 13.1 Å². The van der Waals surface area contributed by atoms with Crippen molar-refractivity contribution in [3.63, 3.8) is 0 Å². The standard InChI is InChI=1S/C17H25N5/c1-18-17(19-10-13-22-11-4-5-12-22)20-14-15-6-8-16(9-7-15)21(2)3/h4-9,11-12H,10,13-14H2,1-3H3,(H2,18,19,20). The summed E-state index contributed by atoms with van der Waals surface area (Å²) in [5.41, 5.74) is 2.44. The lowest BCUT2D eigenvalue weighted by molar-refractivity contribution is 0.665. The molecule has 0 unspecified atom stereocenters. The number of nitrogens with zero attached hydrogens (tertiary/aromatic N) is 3. The van der Waals surface area contributed by atoms with Crippen LogP contribution in [0.5, 0.6) is 0 Å². The van der Waals surface area contributed by atoms with Crippen molar-refractivity contribution in [3.8, 4) is 0 Å². The Morgan fingerprint density at radius 3 is 2.36 bits per heavy atom. The van der Waals surface area contributed by atoms with Crippen molar-refractivity contribution in [2.75, 3.05) is 32.6 Å². The molecule has 2 rings (SSSR count). The zero-order valence-corrected chi connectivity index (χ0v) is 13.6. The number of aliphatic imine (C=N–C) groups is 1. The van der Waals surface area contributed by atoms with Crippen LogP contribution in [0.2, 0.25) is 0 Å². The fraction of sp³-hybridized carbons (Fsp3) is 0.353. The van der Waals surface area contributed by atoms with Gasteiger partial charge in [0.1, 0.15) is 0 Å². The summed E-state index contributed by atoms with van der Waals surface area (Å²) in [5, 5.41) is 6.65. The van der Waals surface area contributed by atoms with E-state index in [4.69, 9.17) is 0 Å². The van der Waals surface area contributed by atoms with Crippen molar-refractivity contribution in [3.05, 3.63) is 54.4 Å². The predicted molar refractivity (Wildman–Crippen MR) is 93.4 cm³/mol. The van der Waals surface area contributed by atoms with Gasteiger partial charge in [0.2, 0.25) is 0 Å². The fourth-order valence-electron chi connectivity index (χ4n) is 2.14. The fourth-order valence-corrected chi connectivity index (χ4v) is 2.14. The number of rotatable bonds is 6. The molecule has 5 nitrogen and oxygen atoms in total. The van der Waals surface area contributed by atoms with Gasteiger partial charge in [-0.3, -0.25) is 4.99 Å². The molecule has 0 saturated carbocycles. The van der Waals surface area contributed by atoms with E-state index in [2.05, 4.69) is 61.8 Å². The summed E-state index contributed by atoms with van der Waals surface area (Å²) >= 11 is 0. The van der Waals surface area contributed by atoms with E-state index >= 15 is 0 Å². The molecule has 0 saturated heterocycles. The zero-order valence-electron chi connectivity index (χ0n) is 13.6. The van der Waals surface area contributed by atoms with Gasteiger partial charge in [-0.1, -0.05) is 12.1 Å². The molecule has 2 aromatic rings. The molecule has 1 aromatic heterocycles. The van der Waals surface area contributed by atoms with Crippen LogP contribution in [0.15, 0.2) is 53.8 Å². The Hall–Kier alpha value is -2.43. The first-order valence-electron chi connectivity index (χ1n) is 7.50. The van der Waals surface area contributed by atoms with E-state index in [0.717, 1.165) is 25.6 Å². The zero-order chi connectivity index (χ0) is 15.8. The molecule has 0 radical (unpaired) electrons. The van der Waals surface area contributed by atoms with E-state index < -0.39 is 0 Å². The first-order valence-corrected chi connectivity index (χ1v) is 7.50. The van der Waals surface area contributed by atoms with Crippen molar-refractivity contribution >= 4 is 11.6 Å². The van der Waals surface area contributed by atoms with E-state index in [1.54, 1.807) is 7.05 Å². The number of aromatic nitrogens is 1. The highest BCUT2D eigenvalue weighted by molar-refractivity contribution is 5.79. The monoisotopic (exact) mass is 299 g/mol. The first-order chi connectivity index (χ1) is 10.7. The number of benzene rings is 1. The van der Waals surface area contributed by atoms with Crippen LogP contribution in [0.3, 0.4) is 0 Å². The van der Waals surface area contributed by atoms with E-state index in [9.17, 15) is 0 Å². The van der Waals surface area contributed by atoms with Crippen molar-refractivity contribution in [1.82, 2.24) is 15.2 Å². The van der Waals surface area contributed by atoms with Gasteiger partial charge in [-0.2, -0.15) is 0 Å². The first kappa shape index (κ1) is 15.9. The van der Waals surface area contributed by atoms with Gasteiger partial charge in [-0.15, -0.1) is 0 Å². The van der Waals surface area contributed by atoms with Crippen LogP contribution < -0.4 is 15.5 Å². The second-order valence-electron chi connectivity index (χ2n) is 5.33. The molecule has 0 atom stereocenters. The Bertz CT molecular complexity index is 570. The maximum absolute atomic E-state index is 4.24. The second kappa shape index (κ2) is 8.12. The summed E-state index contributed by atoms with van der Waals surface area (Å²) in [4.78, 5) is 6.34. The highest BCUT2D eigenvalue weighted by Gasteiger charge is 1.99. The molecule has 118 valence electrons. The SMILES string of the molecule is CN=C(NCCn1cccc1)NCc1ccc(N(C)C)cc1. The Labute approximate surface area is 132 Å². The van der Waals surface area contributed by atoms with Gasteiger partial charge in [0.15, 0.2) is 5.96 Å². The largest absolute Gasteiger partial charge is 0.378 e. The molecule has 0 spiro atoms. The lowest BCUT2D eigenvalue weighted by atomic mass is 10.2. The van der Waals surface area contributed by atoms with Crippen molar-refractivity contribution in [2.45, 2.75) is 13.1 Å². The molecule has 0 bridgehead atoms. The molecule has 22 heavy (non-hydrogen) atoms. The lowest BCUT2D eigenvalue weighted by Gasteiger charge is -2.14. The third-order valence-electron chi connectivity index (χ3n) is 3.46. The molecular weight excluding hydrogens is 274 g/mol. The maximum Gasteiger partial charge on any atom is 0.191 e. The highest BCUT2D eigenvalue weighted by Crippen LogP contribution is 2.11. The molecule has 0 aliphatic heterocycles. The minimum atomic E-state index is 0.761. The average molecular weight is 299 g/mol. The van der Waals surface area contributed by atoms with Crippen molar-refractivity contribution < 1.29 is 0 Å². The second-order valence-corrected chi connectivity index (χ2v) is 5.33. The number of anilines is 1. The van der Waals surface area contributed by atoms with Gasteiger partial charge in [0, 0.05) is 58.9 Å². The molecule has 1 heterocycles. The van der Waals surface area contributed by atoms with E-state index in [1.807, 2.05) is 26.2 Å². The normalized spacial score (nSPS) is 11.3. The van der Waals surface area contributed by atoms with Gasteiger partial charge in [-0.05, 0) is 29.8 Å². The molecule has 1 aromatic carbocycles. The predicted octanol–water partition coefficient (Wildman–Crippen LogP) is 1.92. The highest BCUT2D eigenvalue weighted by atomic mass is 15.2. The van der Waals surface area contributed by atoms with Crippen LogP contribution in [-0.4, -0.2) is 38.2 Å². The minimum Gasteiger partial charge on any atom is -0.378 e. The van der Waals surface area contributed by atoms with Gasteiger partial charge < -0.3 is 20.1 Å². The van der Waals surface area contributed by atoms with Crippen molar-refractivity contribution in [2.24, 2.45) is 4.99 Å².